The van der Waals surface area contributed by atoms with E-state index in [1.165, 1.54) is 11.1 Å². The lowest BCUT2D eigenvalue weighted by Crippen LogP contribution is -2.30. The van der Waals surface area contributed by atoms with E-state index in [2.05, 4.69) is 43.5 Å². The molecule has 2 aromatic carbocycles. The molecule has 0 aliphatic heterocycles. The minimum absolute atomic E-state index is 0.581. The molecule has 25 heavy (non-hydrogen) atoms. The topological polar surface area (TPSA) is 40.8 Å². The van der Waals surface area contributed by atoms with Crippen LogP contribution in [0.5, 0.6) is 0 Å². The number of hydrogen-bond donors (Lipinski definition) is 0. The fourth-order valence-electron chi connectivity index (χ4n) is 3.75. The third-order valence-corrected chi connectivity index (χ3v) is 4.93. The molecular formula is C22H19N2O+. The molecule has 0 unspecified atom stereocenters. The van der Waals surface area contributed by atoms with Gasteiger partial charge in [0.25, 0.3) is 0 Å². The molecule has 3 nitrogen and oxygen atoms in total. The molecule has 0 saturated heterocycles. The van der Waals surface area contributed by atoms with Crippen LogP contribution >= 0.6 is 0 Å². The van der Waals surface area contributed by atoms with Crippen LogP contribution in [0.1, 0.15) is 22.3 Å². The third-order valence-electron chi connectivity index (χ3n) is 4.93. The summed E-state index contributed by atoms with van der Waals surface area (Å²) in [7, 11) is 2.04. The first kappa shape index (κ1) is 15.4. The van der Waals surface area contributed by atoms with Gasteiger partial charge in [0, 0.05) is 22.9 Å². The van der Waals surface area contributed by atoms with Gasteiger partial charge in [-0.3, -0.25) is 0 Å². The van der Waals surface area contributed by atoms with Crippen LogP contribution < -0.4 is 4.57 Å². The third kappa shape index (κ3) is 2.15. The van der Waals surface area contributed by atoms with Crippen LogP contribution in [0.25, 0.3) is 33.2 Å². The van der Waals surface area contributed by atoms with Crippen molar-refractivity contribution in [1.29, 1.82) is 5.26 Å². The van der Waals surface area contributed by atoms with Crippen molar-refractivity contribution in [2.75, 3.05) is 0 Å². The van der Waals surface area contributed by atoms with Crippen molar-refractivity contribution in [2.45, 2.75) is 20.8 Å². The zero-order valence-electron chi connectivity index (χ0n) is 14.8. The number of rotatable bonds is 1. The Morgan fingerprint density at radius 2 is 1.68 bits per heavy atom. The Balaban J connectivity index is 2.27. The van der Waals surface area contributed by atoms with Crippen LogP contribution in [0, 0.1) is 32.1 Å². The van der Waals surface area contributed by atoms with E-state index in [-0.39, 0.29) is 0 Å². The quantitative estimate of drug-likeness (QED) is 0.468. The predicted octanol–water partition coefficient (Wildman–Crippen LogP) is 4.87. The minimum Gasteiger partial charge on any atom is -0.454 e. The van der Waals surface area contributed by atoms with Gasteiger partial charge < -0.3 is 4.42 Å². The van der Waals surface area contributed by atoms with E-state index in [0.717, 1.165) is 33.2 Å². The van der Waals surface area contributed by atoms with Crippen molar-refractivity contribution in [2.24, 2.45) is 7.05 Å². The molecule has 0 amide bonds. The summed E-state index contributed by atoms with van der Waals surface area (Å²) in [6, 6.07) is 14.5. The van der Waals surface area contributed by atoms with Gasteiger partial charge in [0.1, 0.15) is 18.7 Å². The molecule has 4 rings (SSSR count). The van der Waals surface area contributed by atoms with E-state index in [1.54, 1.807) is 0 Å². The second kappa shape index (κ2) is 5.46. The van der Waals surface area contributed by atoms with Crippen molar-refractivity contribution in [3.05, 3.63) is 64.8 Å². The summed E-state index contributed by atoms with van der Waals surface area (Å²) in [4.78, 5) is 0. The molecule has 3 heteroatoms. The standard InChI is InChI=1S/C22H19N2O/c1-13-8-9-16(12-23)21-19(13)20-15(3)11-14(2)18(22(20)25-21)17-7-5-6-10-24(17)4/h5-11H,1-4H3/q+1. The summed E-state index contributed by atoms with van der Waals surface area (Å²) in [5.41, 5.74) is 7.78. The number of aromatic nitrogens is 1. The van der Waals surface area contributed by atoms with E-state index < -0.39 is 0 Å². The fraction of sp³-hybridized carbons (Fsp3) is 0.182. The van der Waals surface area contributed by atoms with Crippen LogP contribution in [0.3, 0.4) is 0 Å². The largest absolute Gasteiger partial charge is 0.454 e. The first-order chi connectivity index (χ1) is 12.0. The normalized spacial score (nSPS) is 11.2. The van der Waals surface area contributed by atoms with Gasteiger partial charge in [0.2, 0.25) is 5.69 Å². The number of nitriles is 1. The van der Waals surface area contributed by atoms with Gasteiger partial charge in [-0.15, -0.1) is 0 Å². The van der Waals surface area contributed by atoms with Gasteiger partial charge in [-0.2, -0.15) is 5.26 Å². The average Bonchev–Trinajstić information content (AvgIpc) is 2.98. The lowest BCUT2D eigenvalue weighted by molar-refractivity contribution is -0.660. The summed E-state index contributed by atoms with van der Waals surface area (Å²) >= 11 is 0. The van der Waals surface area contributed by atoms with Crippen molar-refractivity contribution in [3.63, 3.8) is 0 Å². The molecule has 0 aliphatic carbocycles. The Labute approximate surface area is 146 Å². The van der Waals surface area contributed by atoms with Crippen LogP contribution in [0.15, 0.2) is 47.0 Å². The maximum atomic E-state index is 9.49. The van der Waals surface area contributed by atoms with Crippen LogP contribution in [0.2, 0.25) is 0 Å². The second-order valence-electron chi connectivity index (χ2n) is 6.63. The Morgan fingerprint density at radius 1 is 0.920 bits per heavy atom. The number of pyridine rings is 1. The van der Waals surface area contributed by atoms with E-state index in [4.69, 9.17) is 4.42 Å². The molecule has 0 fully saturated rings. The number of hydrogen-bond acceptors (Lipinski definition) is 2. The summed E-state index contributed by atoms with van der Waals surface area (Å²) in [5.74, 6) is 0. The lowest BCUT2D eigenvalue weighted by Gasteiger charge is -2.07. The van der Waals surface area contributed by atoms with Gasteiger partial charge in [-0.25, -0.2) is 4.57 Å². The van der Waals surface area contributed by atoms with E-state index in [0.29, 0.717) is 11.1 Å². The molecule has 0 radical (unpaired) electrons. The first-order valence-electron chi connectivity index (χ1n) is 8.34. The van der Waals surface area contributed by atoms with Gasteiger partial charge in [-0.05, 0) is 49.6 Å². The highest BCUT2D eigenvalue weighted by Crippen LogP contribution is 2.41. The lowest BCUT2D eigenvalue weighted by atomic mass is 9.95. The smallest absolute Gasteiger partial charge is 0.216 e. The monoisotopic (exact) mass is 327 g/mol. The summed E-state index contributed by atoms with van der Waals surface area (Å²) in [5, 5.41) is 11.6. The van der Waals surface area contributed by atoms with Gasteiger partial charge in [0.15, 0.2) is 11.8 Å². The van der Waals surface area contributed by atoms with Crippen LogP contribution in [-0.4, -0.2) is 0 Å². The number of furan rings is 1. The molecule has 0 atom stereocenters. The Hall–Kier alpha value is -3.12. The molecule has 2 heterocycles. The highest BCUT2D eigenvalue weighted by atomic mass is 16.3. The highest BCUT2D eigenvalue weighted by Gasteiger charge is 2.23. The van der Waals surface area contributed by atoms with E-state index >= 15 is 0 Å². The zero-order valence-corrected chi connectivity index (χ0v) is 14.8. The van der Waals surface area contributed by atoms with Gasteiger partial charge in [-0.1, -0.05) is 12.1 Å². The molecule has 4 aromatic rings. The summed E-state index contributed by atoms with van der Waals surface area (Å²) < 4.78 is 8.42. The van der Waals surface area contributed by atoms with Crippen molar-refractivity contribution in [1.82, 2.24) is 0 Å². The van der Waals surface area contributed by atoms with Crippen molar-refractivity contribution in [3.8, 4) is 17.3 Å². The van der Waals surface area contributed by atoms with Gasteiger partial charge >= 0.3 is 0 Å². The van der Waals surface area contributed by atoms with Gasteiger partial charge in [0.05, 0.1) is 11.1 Å². The van der Waals surface area contributed by atoms with Crippen molar-refractivity contribution >= 4 is 21.9 Å². The Kier molecular flexibility index (Phi) is 3.36. The maximum absolute atomic E-state index is 9.49. The SMILES string of the molecule is Cc1cc(C)c2c(oc3c(C#N)ccc(C)c32)c1-c1cccc[n+]1C. The molecule has 122 valence electrons. The highest BCUT2D eigenvalue weighted by molar-refractivity contribution is 6.13. The number of fused-ring (bicyclic) bond motifs is 3. The predicted molar refractivity (Wildman–Crippen MR) is 99.3 cm³/mol. The number of benzene rings is 2. The Morgan fingerprint density at radius 3 is 2.40 bits per heavy atom. The molecule has 0 N–H and O–H groups in total. The Bertz CT molecular complexity index is 1190. The number of nitrogens with zero attached hydrogens (tertiary/aromatic N) is 2. The van der Waals surface area contributed by atoms with E-state index in [1.807, 2.05) is 37.5 Å². The maximum Gasteiger partial charge on any atom is 0.216 e. The number of aryl methyl sites for hydroxylation is 4. The minimum atomic E-state index is 0.581. The molecule has 2 aromatic heterocycles. The first-order valence-corrected chi connectivity index (χ1v) is 8.34. The van der Waals surface area contributed by atoms with Crippen LogP contribution in [0.4, 0.5) is 0 Å². The van der Waals surface area contributed by atoms with E-state index in [9.17, 15) is 5.26 Å². The second-order valence-corrected chi connectivity index (χ2v) is 6.63. The van der Waals surface area contributed by atoms with Crippen molar-refractivity contribution < 1.29 is 8.98 Å². The molecule has 0 aliphatic rings. The molecule has 0 bridgehead atoms. The average molecular weight is 327 g/mol. The summed E-state index contributed by atoms with van der Waals surface area (Å²) in [6.45, 7) is 6.29. The fourth-order valence-corrected chi connectivity index (χ4v) is 3.75. The molecule has 0 saturated carbocycles. The zero-order chi connectivity index (χ0) is 17.7. The summed E-state index contributed by atoms with van der Waals surface area (Å²) in [6.07, 6.45) is 2.04. The molecule has 0 spiro atoms. The van der Waals surface area contributed by atoms with Crippen LogP contribution in [-0.2, 0) is 7.05 Å². The molecular weight excluding hydrogens is 308 g/mol.